The summed E-state index contributed by atoms with van der Waals surface area (Å²) in [6.07, 6.45) is 1.38. The molecule has 0 radical (unpaired) electrons. The number of hydrogen-bond donors (Lipinski definition) is 1. The number of carbonyl (C=O) groups excluding carboxylic acids is 2. The number of benzene rings is 2. The van der Waals surface area contributed by atoms with Crippen LogP contribution in [0.4, 0.5) is 10.1 Å². The van der Waals surface area contributed by atoms with Gasteiger partial charge in [0, 0.05) is 31.6 Å². The topological polar surface area (TPSA) is 86.8 Å². The quantitative estimate of drug-likeness (QED) is 0.538. The fraction of sp³-hybridized carbons (Fsp3) is 0.417. The van der Waals surface area contributed by atoms with Gasteiger partial charge >= 0.3 is 0 Å². The summed E-state index contributed by atoms with van der Waals surface area (Å²) in [5, 5.41) is 2.69. The normalized spacial score (nSPS) is 12.2. The Morgan fingerprint density at radius 3 is 2.33 bits per heavy atom. The van der Waals surface area contributed by atoms with Gasteiger partial charge in [-0.3, -0.25) is 13.9 Å². The van der Waals surface area contributed by atoms with E-state index in [1.165, 1.54) is 15.3 Å². The lowest BCUT2D eigenvalue weighted by Gasteiger charge is -2.29. The highest BCUT2D eigenvalue weighted by Gasteiger charge is 2.27. The van der Waals surface area contributed by atoms with Crippen molar-refractivity contribution in [2.45, 2.75) is 46.2 Å². The minimum Gasteiger partial charge on any atom is -0.355 e. The summed E-state index contributed by atoms with van der Waals surface area (Å²) in [5.74, 6) is -1.14. The number of rotatable bonds is 11. The van der Waals surface area contributed by atoms with Crippen LogP contribution in [0.5, 0.6) is 0 Å². The number of anilines is 1. The first kappa shape index (κ1) is 26.3. The molecule has 2 aromatic carbocycles. The van der Waals surface area contributed by atoms with Crippen LogP contribution in [0.15, 0.2) is 48.5 Å². The summed E-state index contributed by atoms with van der Waals surface area (Å²) in [6, 6.07) is 12.4. The number of sulfonamides is 1. The van der Waals surface area contributed by atoms with Gasteiger partial charge in [-0.1, -0.05) is 36.4 Å². The molecule has 7 nitrogen and oxygen atoms in total. The van der Waals surface area contributed by atoms with Crippen LogP contribution in [-0.4, -0.2) is 50.5 Å². The molecule has 0 saturated heterocycles. The predicted octanol–water partition coefficient (Wildman–Crippen LogP) is 3.23. The van der Waals surface area contributed by atoms with Crippen LogP contribution in [0.1, 0.15) is 37.8 Å². The van der Waals surface area contributed by atoms with Crippen molar-refractivity contribution < 1.29 is 22.4 Å². The maximum absolute atomic E-state index is 14.2. The van der Waals surface area contributed by atoms with E-state index in [0.717, 1.165) is 11.8 Å². The number of halogens is 1. The second kappa shape index (κ2) is 11.8. The van der Waals surface area contributed by atoms with Crippen LogP contribution in [0.25, 0.3) is 0 Å². The molecule has 2 rings (SSSR count). The van der Waals surface area contributed by atoms with Crippen molar-refractivity contribution in [3.05, 3.63) is 65.5 Å². The predicted molar refractivity (Wildman–Crippen MR) is 128 cm³/mol. The second-order valence-corrected chi connectivity index (χ2v) is 9.82. The summed E-state index contributed by atoms with van der Waals surface area (Å²) in [6.45, 7) is 5.65. The summed E-state index contributed by atoms with van der Waals surface area (Å²) in [4.78, 5) is 26.8. The standard InChI is InChI=1S/C24H32FN3O4S/c1-5-26-24(30)19(3)27(17-20-12-7-8-13-21(20)25)23(29)15-10-16-28(33(4,31)32)22-14-9-6-11-18(22)2/h6-9,11-14,19H,5,10,15-17H2,1-4H3,(H,26,30)/t19-/m0/s1. The zero-order valence-corrected chi connectivity index (χ0v) is 20.4. The van der Waals surface area contributed by atoms with Crippen LogP contribution < -0.4 is 9.62 Å². The van der Waals surface area contributed by atoms with Crippen LogP contribution in [-0.2, 0) is 26.2 Å². The first-order valence-electron chi connectivity index (χ1n) is 10.9. The van der Waals surface area contributed by atoms with Crippen LogP contribution in [0.3, 0.4) is 0 Å². The van der Waals surface area contributed by atoms with Crippen LogP contribution in [0.2, 0.25) is 0 Å². The van der Waals surface area contributed by atoms with E-state index < -0.39 is 21.9 Å². The second-order valence-electron chi connectivity index (χ2n) is 7.91. The molecular weight excluding hydrogens is 445 g/mol. The fourth-order valence-electron chi connectivity index (χ4n) is 3.54. The molecule has 0 aliphatic rings. The van der Waals surface area contributed by atoms with E-state index >= 15 is 0 Å². The van der Waals surface area contributed by atoms with E-state index in [1.807, 2.05) is 19.1 Å². The zero-order valence-electron chi connectivity index (χ0n) is 19.5. The van der Waals surface area contributed by atoms with Crippen molar-refractivity contribution in [3.63, 3.8) is 0 Å². The number of amides is 2. The van der Waals surface area contributed by atoms with Crippen molar-refractivity contribution in [2.24, 2.45) is 0 Å². The third-order valence-corrected chi connectivity index (χ3v) is 6.53. The Morgan fingerprint density at radius 1 is 1.09 bits per heavy atom. The van der Waals surface area contributed by atoms with E-state index in [1.54, 1.807) is 44.2 Å². The van der Waals surface area contributed by atoms with Gasteiger partial charge < -0.3 is 10.2 Å². The number of nitrogens with zero attached hydrogens (tertiary/aromatic N) is 2. The van der Waals surface area contributed by atoms with Crippen LogP contribution >= 0.6 is 0 Å². The lowest BCUT2D eigenvalue weighted by atomic mass is 10.1. The number of para-hydroxylation sites is 1. The van der Waals surface area contributed by atoms with Gasteiger partial charge in [-0.2, -0.15) is 0 Å². The van der Waals surface area contributed by atoms with Gasteiger partial charge in [0.05, 0.1) is 11.9 Å². The molecule has 0 aromatic heterocycles. The molecule has 1 atom stereocenters. The summed E-state index contributed by atoms with van der Waals surface area (Å²) < 4.78 is 40.3. The van der Waals surface area contributed by atoms with E-state index in [4.69, 9.17) is 0 Å². The Bertz CT molecular complexity index is 1070. The Hall–Kier alpha value is -2.94. The highest BCUT2D eigenvalue weighted by Crippen LogP contribution is 2.23. The fourth-order valence-corrected chi connectivity index (χ4v) is 4.56. The number of likely N-dealkylation sites (N-methyl/N-ethyl adjacent to an activating group) is 1. The molecule has 0 fully saturated rings. The minimum atomic E-state index is -3.56. The van der Waals surface area contributed by atoms with Crippen molar-refractivity contribution >= 4 is 27.5 Å². The molecule has 0 spiro atoms. The largest absolute Gasteiger partial charge is 0.355 e. The lowest BCUT2D eigenvalue weighted by Crippen LogP contribution is -2.47. The molecule has 180 valence electrons. The van der Waals surface area contributed by atoms with Crippen molar-refractivity contribution in [1.29, 1.82) is 0 Å². The zero-order chi connectivity index (χ0) is 24.6. The van der Waals surface area contributed by atoms with Gasteiger partial charge in [0.1, 0.15) is 11.9 Å². The van der Waals surface area contributed by atoms with Crippen LogP contribution in [0, 0.1) is 12.7 Å². The SMILES string of the molecule is CCNC(=O)[C@H](C)N(Cc1ccccc1F)C(=O)CCCN(c1ccccc1C)S(C)(=O)=O. The van der Waals surface area contributed by atoms with Gasteiger partial charge in [0.2, 0.25) is 21.8 Å². The lowest BCUT2D eigenvalue weighted by molar-refractivity contribution is -0.140. The molecule has 2 amide bonds. The van der Waals surface area contributed by atoms with Crippen molar-refractivity contribution in [2.75, 3.05) is 23.7 Å². The highest BCUT2D eigenvalue weighted by atomic mass is 32.2. The average molecular weight is 478 g/mol. The first-order chi connectivity index (χ1) is 15.6. The summed E-state index contributed by atoms with van der Waals surface area (Å²) in [7, 11) is -3.56. The third kappa shape index (κ3) is 7.28. The smallest absolute Gasteiger partial charge is 0.242 e. The Labute approximate surface area is 195 Å². The van der Waals surface area contributed by atoms with Crippen molar-refractivity contribution in [1.82, 2.24) is 10.2 Å². The van der Waals surface area contributed by atoms with E-state index in [-0.39, 0.29) is 37.7 Å². The molecule has 0 aliphatic heterocycles. The van der Waals surface area contributed by atoms with Gasteiger partial charge in [-0.15, -0.1) is 0 Å². The highest BCUT2D eigenvalue weighted by molar-refractivity contribution is 7.92. The average Bonchev–Trinajstić information content (AvgIpc) is 2.75. The first-order valence-corrected chi connectivity index (χ1v) is 12.7. The molecule has 0 aliphatic carbocycles. The van der Waals surface area contributed by atoms with Gasteiger partial charge in [-0.25, -0.2) is 12.8 Å². The Kier molecular flexibility index (Phi) is 9.40. The van der Waals surface area contributed by atoms with Crippen molar-refractivity contribution in [3.8, 4) is 0 Å². The molecule has 0 unspecified atom stereocenters. The molecule has 0 bridgehead atoms. The molecule has 33 heavy (non-hydrogen) atoms. The maximum atomic E-state index is 14.2. The van der Waals surface area contributed by atoms with E-state index in [9.17, 15) is 22.4 Å². The number of nitrogens with one attached hydrogen (secondary N) is 1. The minimum absolute atomic E-state index is 0.0100. The Morgan fingerprint density at radius 2 is 1.73 bits per heavy atom. The molecular formula is C24H32FN3O4S. The monoisotopic (exact) mass is 477 g/mol. The number of carbonyl (C=O) groups is 2. The summed E-state index contributed by atoms with van der Waals surface area (Å²) in [5.41, 5.74) is 1.67. The molecule has 1 N–H and O–H groups in total. The summed E-state index contributed by atoms with van der Waals surface area (Å²) >= 11 is 0. The van der Waals surface area contributed by atoms with Gasteiger partial charge in [0.15, 0.2) is 0 Å². The van der Waals surface area contributed by atoms with E-state index in [0.29, 0.717) is 17.8 Å². The number of hydrogen-bond acceptors (Lipinski definition) is 4. The van der Waals surface area contributed by atoms with Gasteiger partial charge in [0.25, 0.3) is 0 Å². The molecule has 0 saturated carbocycles. The third-order valence-electron chi connectivity index (χ3n) is 5.35. The Balaban J connectivity index is 2.18. The van der Waals surface area contributed by atoms with Gasteiger partial charge in [-0.05, 0) is 44.9 Å². The molecule has 0 heterocycles. The molecule has 9 heteroatoms. The maximum Gasteiger partial charge on any atom is 0.242 e. The molecule has 2 aromatic rings. The number of aryl methyl sites for hydroxylation is 1. The van der Waals surface area contributed by atoms with E-state index in [2.05, 4.69) is 5.32 Å².